The standard InChI is InChI=1S/C21H20N2O2/c1-14(24)11-15-5-7-16(8-6-15)12-17-13-20(21-22-9-10-25-21)23-19-4-2-3-18(17)19/h5-10,13H,2-4,11-12H2,1H3. The summed E-state index contributed by atoms with van der Waals surface area (Å²) in [6, 6.07) is 10.4. The Balaban J connectivity index is 1.64. The lowest BCUT2D eigenvalue weighted by atomic mass is 9.97. The Labute approximate surface area is 146 Å². The van der Waals surface area contributed by atoms with Gasteiger partial charge < -0.3 is 4.42 Å². The van der Waals surface area contributed by atoms with Crippen LogP contribution in [0.3, 0.4) is 0 Å². The lowest BCUT2D eigenvalue weighted by Gasteiger charge is -2.11. The van der Waals surface area contributed by atoms with Crippen molar-refractivity contribution in [1.82, 2.24) is 9.97 Å². The van der Waals surface area contributed by atoms with Crippen molar-refractivity contribution in [3.63, 3.8) is 0 Å². The fourth-order valence-electron chi connectivity index (χ4n) is 3.53. The molecule has 2 heterocycles. The van der Waals surface area contributed by atoms with Gasteiger partial charge in [-0.2, -0.15) is 0 Å². The number of hydrogen-bond donors (Lipinski definition) is 0. The van der Waals surface area contributed by atoms with Gasteiger partial charge in [-0.05, 0) is 60.9 Å². The van der Waals surface area contributed by atoms with E-state index in [1.54, 1.807) is 19.4 Å². The van der Waals surface area contributed by atoms with Gasteiger partial charge in [-0.3, -0.25) is 4.79 Å². The summed E-state index contributed by atoms with van der Waals surface area (Å²) >= 11 is 0. The summed E-state index contributed by atoms with van der Waals surface area (Å²) in [5, 5.41) is 0. The molecule has 126 valence electrons. The molecule has 3 aromatic rings. The molecule has 2 aromatic heterocycles. The number of Topliss-reactive ketones (excluding diaryl/α,β-unsaturated/α-hetero) is 1. The number of pyridine rings is 1. The van der Waals surface area contributed by atoms with Crippen LogP contribution in [0.5, 0.6) is 0 Å². The second kappa shape index (κ2) is 6.63. The van der Waals surface area contributed by atoms with Crippen LogP contribution in [0.25, 0.3) is 11.6 Å². The molecule has 0 amide bonds. The minimum atomic E-state index is 0.190. The van der Waals surface area contributed by atoms with Gasteiger partial charge in [0.15, 0.2) is 0 Å². The van der Waals surface area contributed by atoms with Crippen molar-refractivity contribution in [2.24, 2.45) is 0 Å². The summed E-state index contributed by atoms with van der Waals surface area (Å²) in [6.07, 6.45) is 7.86. The number of aromatic nitrogens is 2. The monoisotopic (exact) mass is 332 g/mol. The number of oxazole rings is 1. The minimum Gasteiger partial charge on any atom is -0.443 e. The van der Waals surface area contributed by atoms with Crippen molar-refractivity contribution in [2.75, 3.05) is 0 Å². The number of aryl methyl sites for hydroxylation is 1. The molecule has 0 unspecified atom stereocenters. The van der Waals surface area contributed by atoms with Gasteiger partial charge >= 0.3 is 0 Å². The van der Waals surface area contributed by atoms with E-state index >= 15 is 0 Å². The van der Waals surface area contributed by atoms with Gasteiger partial charge in [0, 0.05) is 12.1 Å². The number of benzene rings is 1. The van der Waals surface area contributed by atoms with Crippen LogP contribution < -0.4 is 0 Å². The van der Waals surface area contributed by atoms with Crippen LogP contribution in [-0.2, 0) is 30.5 Å². The summed E-state index contributed by atoms with van der Waals surface area (Å²) in [4.78, 5) is 20.2. The Morgan fingerprint density at radius 3 is 2.68 bits per heavy atom. The third kappa shape index (κ3) is 3.38. The summed E-state index contributed by atoms with van der Waals surface area (Å²) in [5.41, 5.74) is 6.98. The van der Waals surface area contributed by atoms with E-state index in [0.717, 1.165) is 36.9 Å². The Hall–Kier alpha value is -2.75. The fourth-order valence-corrected chi connectivity index (χ4v) is 3.53. The molecule has 0 saturated carbocycles. The molecular weight excluding hydrogens is 312 g/mol. The third-order valence-electron chi connectivity index (χ3n) is 4.66. The summed E-state index contributed by atoms with van der Waals surface area (Å²) in [5.74, 6) is 0.767. The maximum Gasteiger partial charge on any atom is 0.245 e. The third-order valence-corrected chi connectivity index (χ3v) is 4.66. The van der Waals surface area contributed by atoms with Crippen molar-refractivity contribution in [3.05, 3.63) is 70.7 Å². The highest BCUT2D eigenvalue weighted by molar-refractivity contribution is 5.78. The van der Waals surface area contributed by atoms with E-state index in [1.165, 1.54) is 22.4 Å². The molecule has 0 spiro atoms. The molecule has 1 aromatic carbocycles. The average molecular weight is 332 g/mol. The Morgan fingerprint density at radius 2 is 1.96 bits per heavy atom. The normalized spacial score (nSPS) is 13.0. The Bertz CT molecular complexity index is 896. The molecule has 4 nitrogen and oxygen atoms in total. The van der Waals surface area contributed by atoms with E-state index in [-0.39, 0.29) is 5.78 Å². The molecule has 0 atom stereocenters. The predicted octanol–water partition coefficient (Wildman–Crippen LogP) is 3.95. The summed E-state index contributed by atoms with van der Waals surface area (Å²) in [6.45, 7) is 1.62. The maximum absolute atomic E-state index is 11.2. The van der Waals surface area contributed by atoms with Gasteiger partial charge in [0.05, 0.1) is 6.20 Å². The van der Waals surface area contributed by atoms with Crippen LogP contribution in [0.1, 0.15) is 41.3 Å². The van der Waals surface area contributed by atoms with Crippen molar-refractivity contribution >= 4 is 5.78 Å². The number of carbonyl (C=O) groups is 1. The van der Waals surface area contributed by atoms with Gasteiger partial charge in [0.1, 0.15) is 17.7 Å². The number of ketones is 1. The number of fused-ring (bicyclic) bond motifs is 1. The summed E-state index contributed by atoms with van der Waals surface area (Å²) in [7, 11) is 0. The van der Waals surface area contributed by atoms with Crippen LogP contribution in [0.15, 0.2) is 47.2 Å². The van der Waals surface area contributed by atoms with Crippen molar-refractivity contribution < 1.29 is 9.21 Å². The number of nitrogens with zero attached hydrogens (tertiary/aromatic N) is 2. The summed E-state index contributed by atoms with van der Waals surface area (Å²) < 4.78 is 5.43. The second-order valence-corrected chi connectivity index (χ2v) is 6.65. The number of hydrogen-bond acceptors (Lipinski definition) is 4. The number of rotatable bonds is 5. The molecule has 0 N–H and O–H groups in total. The molecule has 0 bridgehead atoms. The zero-order chi connectivity index (χ0) is 17.2. The Morgan fingerprint density at radius 1 is 1.16 bits per heavy atom. The van der Waals surface area contributed by atoms with E-state index in [4.69, 9.17) is 9.40 Å². The van der Waals surface area contributed by atoms with E-state index in [0.29, 0.717) is 12.3 Å². The highest BCUT2D eigenvalue weighted by Crippen LogP contribution is 2.29. The van der Waals surface area contributed by atoms with E-state index in [2.05, 4.69) is 23.2 Å². The lowest BCUT2D eigenvalue weighted by molar-refractivity contribution is -0.116. The zero-order valence-corrected chi connectivity index (χ0v) is 14.3. The van der Waals surface area contributed by atoms with Gasteiger partial charge in [-0.1, -0.05) is 24.3 Å². The van der Waals surface area contributed by atoms with Crippen LogP contribution in [0.2, 0.25) is 0 Å². The minimum absolute atomic E-state index is 0.190. The largest absolute Gasteiger partial charge is 0.443 e. The fraction of sp³-hybridized carbons (Fsp3) is 0.286. The highest BCUT2D eigenvalue weighted by atomic mass is 16.3. The SMILES string of the molecule is CC(=O)Cc1ccc(Cc2cc(-c3ncco3)nc3c2CCC3)cc1. The highest BCUT2D eigenvalue weighted by Gasteiger charge is 2.19. The second-order valence-electron chi connectivity index (χ2n) is 6.65. The molecule has 4 rings (SSSR count). The van der Waals surface area contributed by atoms with Gasteiger partial charge in [-0.15, -0.1) is 0 Å². The van der Waals surface area contributed by atoms with Gasteiger partial charge in [0.25, 0.3) is 0 Å². The first-order chi connectivity index (χ1) is 12.2. The molecule has 25 heavy (non-hydrogen) atoms. The lowest BCUT2D eigenvalue weighted by Crippen LogP contribution is -2.01. The smallest absolute Gasteiger partial charge is 0.245 e. The van der Waals surface area contributed by atoms with E-state index in [9.17, 15) is 4.79 Å². The Kier molecular flexibility index (Phi) is 4.18. The van der Waals surface area contributed by atoms with Crippen molar-refractivity contribution in [3.8, 4) is 11.6 Å². The van der Waals surface area contributed by atoms with E-state index in [1.807, 2.05) is 12.1 Å². The van der Waals surface area contributed by atoms with Gasteiger partial charge in [0.2, 0.25) is 5.89 Å². The van der Waals surface area contributed by atoms with Crippen LogP contribution in [0, 0.1) is 0 Å². The van der Waals surface area contributed by atoms with Crippen LogP contribution in [-0.4, -0.2) is 15.8 Å². The van der Waals surface area contributed by atoms with Crippen molar-refractivity contribution in [1.29, 1.82) is 0 Å². The first-order valence-electron chi connectivity index (χ1n) is 8.68. The van der Waals surface area contributed by atoms with Gasteiger partial charge in [-0.25, -0.2) is 9.97 Å². The van der Waals surface area contributed by atoms with Crippen molar-refractivity contribution in [2.45, 2.75) is 39.0 Å². The first kappa shape index (κ1) is 15.8. The number of carbonyl (C=O) groups excluding carboxylic acids is 1. The predicted molar refractivity (Wildman–Crippen MR) is 95.4 cm³/mol. The van der Waals surface area contributed by atoms with E-state index < -0.39 is 0 Å². The molecule has 1 aliphatic carbocycles. The molecule has 4 heteroatoms. The van der Waals surface area contributed by atoms with Crippen LogP contribution in [0.4, 0.5) is 0 Å². The van der Waals surface area contributed by atoms with Crippen LogP contribution >= 0.6 is 0 Å². The maximum atomic E-state index is 11.2. The zero-order valence-electron chi connectivity index (χ0n) is 14.3. The molecule has 0 aliphatic heterocycles. The molecular formula is C21H20N2O2. The molecule has 0 saturated heterocycles. The molecule has 0 radical (unpaired) electrons. The average Bonchev–Trinajstić information content (AvgIpc) is 3.27. The topological polar surface area (TPSA) is 56.0 Å². The quantitative estimate of drug-likeness (QED) is 0.710. The first-order valence-corrected chi connectivity index (χ1v) is 8.68. The molecule has 0 fully saturated rings. The molecule has 1 aliphatic rings.